The van der Waals surface area contributed by atoms with Gasteiger partial charge in [-0.1, -0.05) is 12.1 Å². The van der Waals surface area contributed by atoms with Crippen molar-refractivity contribution in [2.75, 3.05) is 11.9 Å². The number of benzene rings is 1. The molecule has 0 aromatic heterocycles. The van der Waals surface area contributed by atoms with Crippen molar-refractivity contribution in [2.45, 2.75) is 32.4 Å². The van der Waals surface area contributed by atoms with Gasteiger partial charge in [-0.05, 0) is 37.5 Å². The smallest absolute Gasteiger partial charge is 0.227 e. The Morgan fingerprint density at radius 1 is 1.56 bits per heavy atom. The highest BCUT2D eigenvalue weighted by Crippen LogP contribution is 2.22. The molecule has 0 spiro atoms. The van der Waals surface area contributed by atoms with Gasteiger partial charge in [0.15, 0.2) is 0 Å². The zero-order valence-corrected chi connectivity index (χ0v) is 10.7. The first kappa shape index (κ1) is 13.1. The zero-order valence-electron chi connectivity index (χ0n) is 10.7. The molecule has 2 rings (SSSR count). The lowest BCUT2D eigenvalue weighted by atomic mass is 9.95. The van der Waals surface area contributed by atoms with E-state index in [0.29, 0.717) is 13.2 Å². The van der Waals surface area contributed by atoms with Gasteiger partial charge >= 0.3 is 0 Å². The van der Waals surface area contributed by atoms with Crippen molar-refractivity contribution >= 4 is 11.6 Å². The number of carbonyl (C=O) groups excluding carboxylic acids is 1. The third-order valence-corrected chi connectivity index (χ3v) is 3.29. The van der Waals surface area contributed by atoms with E-state index in [2.05, 4.69) is 5.32 Å². The van der Waals surface area contributed by atoms with Crippen molar-refractivity contribution in [1.82, 2.24) is 0 Å². The highest BCUT2D eigenvalue weighted by atomic mass is 16.5. The summed E-state index contributed by atoms with van der Waals surface area (Å²) in [5, 5.41) is 2.96. The van der Waals surface area contributed by atoms with Crippen LogP contribution in [0.5, 0.6) is 0 Å². The Hall–Kier alpha value is -1.39. The Bertz CT molecular complexity index is 420. The molecule has 1 aromatic carbocycles. The predicted molar refractivity (Wildman–Crippen MR) is 71.1 cm³/mol. The largest absolute Gasteiger partial charge is 0.378 e. The third-order valence-electron chi connectivity index (χ3n) is 3.29. The number of rotatable bonds is 3. The first-order valence-corrected chi connectivity index (χ1v) is 6.40. The minimum atomic E-state index is 0.0512. The second-order valence-corrected chi connectivity index (χ2v) is 4.80. The molecule has 0 unspecified atom stereocenters. The van der Waals surface area contributed by atoms with Crippen LogP contribution in [0.1, 0.15) is 25.3 Å². The lowest BCUT2D eigenvalue weighted by molar-refractivity contribution is -0.124. The fourth-order valence-electron chi connectivity index (χ4n) is 2.26. The number of carbonyl (C=O) groups is 1. The quantitative estimate of drug-likeness (QED) is 0.858. The van der Waals surface area contributed by atoms with Crippen LogP contribution in [0.2, 0.25) is 0 Å². The van der Waals surface area contributed by atoms with Gasteiger partial charge in [0.25, 0.3) is 0 Å². The van der Waals surface area contributed by atoms with Crippen LogP contribution in [0, 0.1) is 5.92 Å². The highest BCUT2D eigenvalue weighted by Gasteiger charge is 2.25. The molecule has 1 aliphatic rings. The Morgan fingerprint density at radius 3 is 3.11 bits per heavy atom. The van der Waals surface area contributed by atoms with E-state index >= 15 is 0 Å². The second kappa shape index (κ2) is 5.98. The monoisotopic (exact) mass is 248 g/mol. The molecular weight excluding hydrogens is 228 g/mol. The average molecular weight is 248 g/mol. The fraction of sp³-hybridized carbons (Fsp3) is 0.500. The minimum absolute atomic E-state index is 0.0512. The highest BCUT2D eigenvalue weighted by molar-refractivity contribution is 5.92. The maximum absolute atomic E-state index is 12.1. The van der Waals surface area contributed by atoms with Crippen LogP contribution < -0.4 is 11.1 Å². The van der Waals surface area contributed by atoms with Crippen molar-refractivity contribution in [3.63, 3.8) is 0 Å². The molecule has 0 bridgehead atoms. The van der Waals surface area contributed by atoms with E-state index in [1.54, 1.807) is 0 Å². The summed E-state index contributed by atoms with van der Waals surface area (Å²) >= 11 is 0. The molecule has 4 nitrogen and oxygen atoms in total. The Morgan fingerprint density at radius 2 is 2.39 bits per heavy atom. The second-order valence-electron chi connectivity index (χ2n) is 4.80. The molecule has 1 heterocycles. The van der Waals surface area contributed by atoms with Crippen LogP contribution in [-0.4, -0.2) is 18.6 Å². The first-order chi connectivity index (χ1) is 8.69. The lowest BCUT2D eigenvalue weighted by Crippen LogP contribution is -2.32. The van der Waals surface area contributed by atoms with Crippen molar-refractivity contribution in [1.29, 1.82) is 0 Å². The number of ether oxygens (including phenoxy) is 1. The molecule has 1 amide bonds. The van der Waals surface area contributed by atoms with E-state index in [4.69, 9.17) is 10.5 Å². The summed E-state index contributed by atoms with van der Waals surface area (Å²) in [6.45, 7) is 3.16. The Balaban J connectivity index is 1.97. The molecule has 3 N–H and O–H groups in total. The van der Waals surface area contributed by atoms with E-state index in [-0.39, 0.29) is 17.9 Å². The van der Waals surface area contributed by atoms with Gasteiger partial charge < -0.3 is 15.8 Å². The summed E-state index contributed by atoms with van der Waals surface area (Å²) in [5.41, 5.74) is 7.42. The summed E-state index contributed by atoms with van der Waals surface area (Å²) in [7, 11) is 0. The fourth-order valence-corrected chi connectivity index (χ4v) is 2.26. The maximum atomic E-state index is 12.1. The minimum Gasteiger partial charge on any atom is -0.378 e. The molecule has 0 radical (unpaired) electrons. The lowest BCUT2D eigenvalue weighted by Gasteiger charge is -2.26. The van der Waals surface area contributed by atoms with Gasteiger partial charge in [-0.2, -0.15) is 0 Å². The molecule has 98 valence electrons. The number of hydrogen-bond acceptors (Lipinski definition) is 3. The molecule has 2 atom stereocenters. The molecule has 18 heavy (non-hydrogen) atoms. The Kier molecular flexibility index (Phi) is 4.33. The van der Waals surface area contributed by atoms with E-state index in [1.165, 1.54) is 0 Å². The van der Waals surface area contributed by atoms with Gasteiger partial charge in [-0.25, -0.2) is 0 Å². The molecule has 1 aliphatic heterocycles. The SMILES string of the molecule is C[C@H]1C[C@@H](C(=O)Nc2cccc(CN)c2)CCO1. The van der Waals surface area contributed by atoms with Gasteiger partial charge in [-0.15, -0.1) is 0 Å². The summed E-state index contributed by atoms with van der Waals surface area (Å²) in [4.78, 5) is 12.1. The van der Waals surface area contributed by atoms with Crippen LogP contribution in [0.4, 0.5) is 5.69 Å². The van der Waals surface area contributed by atoms with Gasteiger partial charge in [0.2, 0.25) is 5.91 Å². The first-order valence-electron chi connectivity index (χ1n) is 6.40. The average Bonchev–Trinajstić information content (AvgIpc) is 2.39. The van der Waals surface area contributed by atoms with Gasteiger partial charge in [0, 0.05) is 24.8 Å². The number of nitrogens with one attached hydrogen (secondary N) is 1. The zero-order chi connectivity index (χ0) is 13.0. The number of amides is 1. The van der Waals surface area contributed by atoms with Crippen LogP contribution >= 0.6 is 0 Å². The third kappa shape index (κ3) is 3.31. The van der Waals surface area contributed by atoms with Crippen LogP contribution in [-0.2, 0) is 16.1 Å². The van der Waals surface area contributed by atoms with Crippen LogP contribution in [0.3, 0.4) is 0 Å². The van der Waals surface area contributed by atoms with Crippen molar-refractivity contribution < 1.29 is 9.53 Å². The molecule has 0 aliphatic carbocycles. The van der Waals surface area contributed by atoms with Crippen molar-refractivity contribution in [2.24, 2.45) is 11.7 Å². The standard InChI is InChI=1S/C14H20N2O2/c1-10-7-12(5-6-18-10)14(17)16-13-4-2-3-11(8-13)9-15/h2-4,8,10,12H,5-7,9,15H2,1H3,(H,16,17)/t10-,12-/m0/s1. The van der Waals surface area contributed by atoms with Crippen LogP contribution in [0.15, 0.2) is 24.3 Å². The van der Waals surface area contributed by atoms with Crippen molar-refractivity contribution in [3.8, 4) is 0 Å². The summed E-state index contributed by atoms with van der Waals surface area (Å²) < 4.78 is 5.45. The number of nitrogens with two attached hydrogens (primary N) is 1. The molecule has 1 fully saturated rings. The topological polar surface area (TPSA) is 64.4 Å². The predicted octanol–water partition coefficient (Wildman–Crippen LogP) is 1.90. The molecule has 1 saturated heterocycles. The normalized spacial score (nSPS) is 23.7. The van der Waals surface area contributed by atoms with E-state index in [1.807, 2.05) is 31.2 Å². The Labute approximate surface area is 108 Å². The van der Waals surface area contributed by atoms with E-state index in [0.717, 1.165) is 24.1 Å². The number of anilines is 1. The summed E-state index contributed by atoms with van der Waals surface area (Å²) in [6, 6.07) is 7.66. The number of hydrogen-bond donors (Lipinski definition) is 2. The summed E-state index contributed by atoms with van der Waals surface area (Å²) in [6.07, 6.45) is 1.76. The van der Waals surface area contributed by atoms with Gasteiger partial charge in [0.1, 0.15) is 0 Å². The molecule has 0 saturated carbocycles. The van der Waals surface area contributed by atoms with Crippen LogP contribution in [0.25, 0.3) is 0 Å². The van der Waals surface area contributed by atoms with E-state index in [9.17, 15) is 4.79 Å². The molecule has 4 heteroatoms. The van der Waals surface area contributed by atoms with Gasteiger partial charge in [0.05, 0.1) is 6.10 Å². The molecular formula is C14H20N2O2. The summed E-state index contributed by atoms with van der Waals surface area (Å²) in [5.74, 6) is 0.134. The van der Waals surface area contributed by atoms with E-state index < -0.39 is 0 Å². The van der Waals surface area contributed by atoms with Gasteiger partial charge in [-0.3, -0.25) is 4.79 Å². The maximum Gasteiger partial charge on any atom is 0.227 e. The molecule has 1 aromatic rings. The van der Waals surface area contributed by atoms with Crippen molar-refractivity contribution in [3.05, 3.63) is 29.8 Å².